The van der Waals surface area contributed by atoms with E-state index in [2.05, 4.69) is 20.6 Å². The lowest BCUT2D eigenvalue weighted by atomic mass is 9.50. The van der Waals surface area contributed by atoms with E-state index in [1.807, 2.05) is 0 Å². The van der Waals surface area contributed by atoms with E-state index in [9.17, 15) is 4.79 Å². The van der Waals surface area contributed by atoms with Gasteiger partial charge in [-0.05, 0) is 63.7 Å². The second-order valence-electron chi connectivity index (χ2n) is 8.66. The number of nitrogens with zero attached hydrogens (tertiary/aromatic N) is 2. The summed E-state index contributed by atoms with van der Waals surface area (Å²) in [5, 5.41) is 6.91. The average molecular weight is 357 g/mol. The van der Waals surface area contributed by atoms with Gasteiger partial charge in [0.15, 0.2) is 0 Å². The van der Waals surface area contributed by atoms with Crippen molar-refractivity contribution in [3.05, 3.63) is 11.8 Å². The van der Waals surface area contributed by atoms with Crippen molar-refractivity contribution in [2.24, 2.45) is 11.7 Å². The van der Waals surface area contributed by atoms with Gasteiger partial charge in [0.25, 0.3) is 5.91 Å². The Morgan fingerprint density at radius 1 is 1.12 bits per heavy atom. The quantitative estimate of drug-likeness (QED) is 0.693. The number of anilines is 2. The first-order valence-corrected chi connectivity index (χ1v) is 9.96. The van der Waals surface area contributed by atoms with Crippen molar-refractivity contribution in [2.75, 3.05) is 10.6 Å². The summed E-state index contributed by atoms with van der Waals surface area (Å²) < 4.78 is 6.02. The first-order valence-electron chi connectivity index (χ1n) is 9.96. The van der Waals surface area contributed by atoms with Gasteiger partial charge in [-0.1, -0.05) is 0 Å². The minimum absolute atomic E-state index is 0.138. The van der Waals surface area contributed by atoms with E-state index in [1.54, 1.807) is 6.20 Å². The summed E-state index contributed by atoms with van der Waals surface area (Å²) in [5.74, 6) is 1.53. The van der Waals surface area contributed by atoms with Crippen LogP contribution in [0.25, 0.3) is 0 Å². The summed E-state index contributed by atoms with van der Waals surface area (Å²) >= 11 is 0. The summed E-state index contributed by atoms with van der Waals surface area (Å²) in [6.45, 7) is 0. The number of carbonyl (C=O) groups is 1. The van der Waals surface area contributed by atoms with E-state index < -0.39 is 5.91 Å². The third-order valence-corrected chi connectivity index (χ3v) is 6.39. The number of primary amides is 1. The summed E-state index contributed by atoms with van der Waals surface area (Å²) in [5.41, 5.74) is 6.02. The van der Waals surface area contributed by atoms with Crippen molar-refractivity contribution in [1.82, 2.24) is 9.97 Å². The van der Waals surface area contributed by atoms with Crippen molar-refractivity contribution in [2.45, 2.75) is 81.6 Å². The summed E-state index contributed by atoms with van der Waals surface area (Å²) in [4.78, 5) is 20.6. The Morgan fingerprint density at radius 3 is 2.31 bits per heavy atom. The molecule has 26 heavy (non-hydrogen) atoms. The van der Waals surface area contributed by atoms with Gasteiger partial charge in [0.1, 0.15) is 5.82 Å². The van der Waals surface area contributed by atoms with Gasteiger partial charge >= 0.3 is 0 Å². The Labute approximate surface area is 153 Å². The number of nitrogens with two attached hydrogens (primary N) is 1. The highest BCUT2D eigenvalue weighted by atomic mass is 16.5. The Bertz CT molecular complexity index is 695. The second kappa shape index (κ2) is 6.08. The van der Waals surface area contributed by atoms with E-state index in [1.165, 1.54) is 32.1 Å². The average Bonchev–Trinajstić information content (AvgIpc) is 3.36. The molecule has 5 fully saturated rings. The van der Waals surface area contributed by atoms with Gasteiger partial charge in [0.05, 0.1) is 17.8 Å². The zero-order valence-electron chi connectivity index (χ0n) is 15.0. The molecular weight excluding hydrogens is 330 g/mol. The number of ether oxygens (including phenoxy) is 1. The van der Waals surface area contributed by atoms with Crippen LogP contribution in [0.15, 0.2) is 6.20 Å². The van der Waals surface area contributed by atoms with Crippen LogP contribution < -0.4 is 16.4 Å². The first-order chi connectivity index (χ1) is 12.6. The molecule has 5 aliphatic carbocycles. The van der Waals surface area contributed by atoms with E-state index in [0.29, 0.717) is 35.6 Å². The van der Waals surface area contributed by atoms with Crippen LogP contribution in [0.2, 0.25) is 0 Å². The van der Waals surface area contributed by atoms with Gasteiger partial charge < -0.3 is 21.1 Å². The zero-order chi connectivity index (χ0) is 17.7. The topological polar surface area (TPSA) is 102 Å². The number of amides is 1. The van der Waals surface area contributed by atoms with Crippen LogP contribution in [0.3, 0.4) is 0 Å². The minimum atomic E-state index is -0.483. The molecule has 0 saturated heterocycles. The van der Waals surface area contributed by atoms with E-state index in [-0.39, 0.29) is 5.54 Å². The van der Waals surface area contributed by atoms with Crippen LogP contribution >= 0.6 is 0 Å². The van der Waals surface area contributed by atoms with Crippen molar-refractivity contribution in [3.63, 3.8) is 0 Å². The minimum Gasteiger partial charge on any atom is -0.375 e. The molecule has 1 heterocycles. The molecular formula is C19H27N5O2. The van der Waals surface area contributed by atoms with Crippen LogP contribution in [-0.4, -0.2) is 39.7 Å². The monoisotopic (exact) mass is 357 g/mol. The van der Waals surface area contributed by atoms with E-state index in [4.69, 9.17) is 10.5 Å². The molecule has 0 spiro atoms. The number of hydrogen-bond donors (Lipinski definition) is 3. The molecule has 140 valence electrons. The molecule has 7 heteroatoms. The Balaban J connectivity index is 1.23. The fourth-order valence-electron chi connectivity index (χ4n) is 4.61. The largest absolute Gasteiger partial charge is 0.375 e. The zero-order valence-corrected chi connectivity index (χ0v) is 15.0. The molecule has 0 unspecified atom stereocenters. The number of carbonyl (C=O) groups excluding carboxylic acids is 1. The summed E-state index contributed by atoms with van der Waals surface area (Å²) in [7, 11) is 0. The smallest absolute Gasteiger partial charge is 0.254 e. The predicted octanol–water partition coefficient (Wildman–Crippen LogP) is 2.44. The molecule has 0 radical (unpaired) electrons. The Hall–Kier alpha value is -1.89. The Kier molecular flexibility index (Phi) is 3.81. The van der Waals surface area contributed by atoms with Crippen LogP contribution in [0, 0.1) is 5.92 Å². The van der Waals surface area contributed by atoms with Gasteiger partial charge in [0.2, 0.25) is 5.95 Å². The molecule has 0 aliphatic heterocycles. The molecule has 1 aromatic rings. The van der Waals surface area contributed by atoms with Gasteiger partial charge in [-0.2, -0.15) is 4.98 Å². The molecule has 1 amide bonds. The summed E-state index contributed by atoms with van der Waals surface area (Å²) in [6, 6.07) is 0.358. The van der Waals surface area contributed by atoms with Gasteiger partial charge in [-0.15, -0.1) is 0 Å². The first kappa shape index (κ1) is 16.3. The van der Waals surface area contributed by atoms with Gasteiger partial charge in [-0.25, -0.2) is 4.98 Å². The number of rotatable bonds is 7. The van der Waals surface area contributed by atoms with Crippen molar-refractivity contribution in [3.8, 4) is 0 Å². The SMILES string of the molecule is NC(=O)c1cnc(NC2CCC(OC3CC3)CC2)nc1NC12CC(C1)C2. The van der Waals surface area contributed by atoms with E-state index >= 15 is 0 Å². The molecule has 4 N–H and O–H groups in total. The molecule has 0 aromatic carbocycles. The molecule has 5 saturated carbocycles. The van der Waals surface area contributed by atoms with E-state index in [0.717, 1.165) is 31.6 Å². The fourth-order valence-corrected chi connectivity index (χ4v) is 4.61. The third-order valence-electron chi connectivity index (χ3n) is 6.39. The van der Waals surface area contributed by atoms with Crippen LogP contribution in [0.5, 0.6) is 0 Å². The molecule has 5 aliphatic rings. The normalized spacial score (nSPS) is 35.2. The maximum absolute atomic E-state index is 11.7. The lowest BCUT2D eigenvalue weighted by molar-refractivity contribution is 0.00176. The molecule has 6 rings (SSSR count). The lowest BCUT2D eigenvalue weighted by Crippen LogP contribution is -2.63. The Morgan fingerprint density at radius 2 is 1.77 bits per heavy atom. The molecule has 2 bridgehead atoms. The molecule has 0 atom stereocenters. The second-order valence-corrected chi connectivity index (χ2v) is 8.66. The van der Waals surface area contributed by atoms with Gasteiger partial charge in [-0.3, -0.25) is 4.79 Å². The molecule has 7 nitrogen and oxygen atoms in total. The van der Waals surface area contributed by atoms with Crippen molar-refractivity contribution in [1.29, 1.82) is 0 Å². The fraction of sp³-hybridized carbons (Fsp3) is 0.737. The number of aromatic nitrogens is 2. The molecule has 1 aromatic heterocycles. The standard InChI is InChI=1S/C19H27N5O2/c20-16(25)15-10-21-18(23-17(15)24-19-7-11(8-19)9-19)22-12-1-3-13(4-2-12)26-14-5-6-14/h10-14H,1-9H2,(H2,20,25)(H2,21,22,23,24). The van der Waals surface area contributed by atoms with Crippen molar-refractivity contribution < 1.29 is 9.53 Å². The highest BCUT2D eigenvalue weighted by Crippen LogP contribution is 2.58. The maximum Gasteiger partial charge on any atom is 0.254 e. The maximum atomic E-state index is 11.7. The van der Waals surface area contributed by atoms with Crippen LogP contribution in [-0.2, 0) is 4.74 Å². The highest BCUT2D eigenvalue weighted by Gasteiger charge is 2.57. The predicted molar refractivity (Wildman–Crippen MR) is 98.0 cm³/mol. The number of hydrogen-bond acceptors (Lipinski definition) is 6. The van der Waals surface area contributed by atoms with Crippen LogP contribution in [0.4, 0.5) is 11.8 Å². The number of nitrogens with one attached hydrogen (secondary N) is 2. The third kappa shape index (κ3) is 3.13. The van der Waals surface area contributed by atoms with Gasteiger partial charge in [0, 0.05) is 17.8 Å². The van der Waals surface area contributed by atoms with Crippen LogP contribution in [0.1, 0.15) is 68.1 Å². The van der Waals surface area contributed by atoms with Crippen molar-refractivity contribution >= 4 is 17.7 Å². The lowest BCUT2D eigenvalue weighted by Gasteiger charge is -2.62. The highest BCUT2D eigenvalue weighted by molar-refractivity contribution is 5.97. The summed E-state index contributed by atoms with van der Waals surface area (Å²) in [6.07, 6.45) is 12.8.